The smallest absolute Gasteiger partial charge is 0.316 e. The van der Waals surface area contributed by atoms with Crippen molar-refractivity contribution >= 4 is 22.8 Å². The molecule has 0 aliphatic heterocycles. The number of hydrogen-bond acceptors (Lipinski definition) is 7. The van der Waals surface area contributed by atoms with Crippen LogP contribution < -0.4 is 5.32 Å². The summed E-state index contributed by atoms with van der Waals surface area (Å²) in [5, 5.41) is 17.7. The minimum absolute atomic E-state index is 0.179. The fraction of sp³-hybridized carbons (Fsp3) is 0.0800. The summed E-state index contributed by atoms with van der Waals surface area (Å²) in [7, 11) is 0. The Bertz CT molecular complexity index is 1550. The first-order chi connectivity index (χ1) is 17.2. The molecule has 174 valence electrons. The highest BCUT2D eigenvalue weighted by Gasteiger charge is 2.14. The predicted octanol–water partition coefficient (Wildman–Crippen LogP) is 5.29. The Morgan fingerprint density at radius 1 is 1.23 bits per heavy atom. The summed E-state index contributed by atoms with van der Waals surface area (Å²) in [6.45, 7) is 5.76. The summed E-state index contributed by atoms with van der Waals surface area (Å²) in [5.74, 6) is 0.613. The van der Waals surface area contributed by atoms with E-state index in [-0.39, 0.29) is 18.4 Å². The van der Waals surface area contributed by atoms with Crippen LogP contribution in [0.3, 0.4) is 0 Å². The van der Waals surface area contributed by atoms with E-state index in [0.29, 0.717) is 28.5 Å². The number of aromatic amines is 2. The molecule has 0 aliphatic rings. The summed E-state index contributed by atoms with van der Waals surface area (Å²) in [6, 6.07) is 7.08. The lowest BCUT2D eigenvalue weighted by Gasteiger charge is -2.07. The van der Waals surface area contributed by atoms with E-state index in [1.807, 2.05) is 31.2 Å². The first-order valence-corrected chi connectivity index (χ1v) is 10.8. The van der Waals surface area contributed by atoms with Crippen molar-refractivity contribution in [3.05, 3.63) is 91.0 Å². The van der Waals surface area contributed by atoms with Gasteiger partial charge in [-0.05, 0) is 24.6 Å². The molecular weight excluding hydrogens is 447 g/mol. The normalized spacial score (nSPS) is 12.0. The van der Waals surface area contributed by atoms with E-state index < -0.39 is 0 Å². The highest BCUT2D eigenvalue weighted by Crippen LogP contribution is 2.29. The lowest BCUT2D eigenvalue weighted by molar-refractivity contribution is 0.550. The molecule has 0 bridgehead atoms. The van der Waals surface area contributed by atoms with E-state index in [2.05, 4.69) is 47.2 Å². The first-order valence-electron chi connectivity index (χ1n) is 10.8. The van der Waals surface area contributed by atoms with Crippen LogP contribution in [0.25, 0.3) is 39.3 Å². The Morgan fingerprint density at radius 3 is 2.91 bits per heavy atom. The minimum atomic E-state index is -0.365. The number of allylic oxidation sites excluding steroid dienone is 5. The number of nitrogens with one attached hydrogen (secondary N) is 3. The number of nitrogens with zero attached hydrogens (tertiary/aromatic N) is 5. The van der Waals surface area contributed by atoms with Crippen LogP contribution in [-0.4, -0.2) is 35.3 Å². The molecule has 0 unspecified atom stereocenters. The van der Waals surface area contributed by atoms with Gasteiger partial charge < -0.3 is 14.7 Å². The molecule has 0 spiro atoms. The van der Waals surface area contributed by atoms with Gasteiger partial charge in [0.2, 0.25) is 5.89 Å². The van der Waals surface area contributed by atoms with Crippen molar-refractivity contribution in [3.8, 4) is 22.5 Å². The Morgan fingerprint density at radius 2 is 2.14 bits per heavy atom. The molecule has 0 radical (unpaired) electrons. The van der Waals surface area contributed by atoms with E-state index in [0.717, 1.165) is 22.2 Å². The molecule has 1 aromatic carbocycles. The zero-order valence-corrected chi connectivity index (χ0v) is 18.8. The zero-order chi connectivity index (χ0) is 24.2. The van der Waals surface area contributed by atoms with Gasteiger partial charge in [-0.3, -0.25) is 5.10 Å². The number of pyridine rings is 1. The van der Waals surface area contributed by atoms with Crippen molar-refractivity contribution in [2.45, 2.75) is 13.5 Å². The molecule has 0 saturated carbocycles. The number of halogens is 1. The van der Waals surface area contributed by atoms with Gasteiger partial charge in [-0.25, -0.2) is 14.4 Å². The third-order valence-corrected chi connectivity index (χ3v) is 5.27. The number of hydrogen-bond donors (Lipinski definition) is 3. The van der Waals surface area contributed by atoms with E-state index in [9.17, 15) is 0 Å². The van der Waals surface area contributed by atoms with Crippen LogP contribution in [-0.2, 0) is 6.54 Å². The fourth-order valence-corrected chi connectivity index (χ4v) is 3.61. The number of anilines is 1. The van der Waals surface area contributed by atoms with Crippen molar-refractivity contribution in [2.24, 2.45) is 0 Å². The number of aromatic nitrogens is 7. The molecule has 0 amide bonds. The zero-order valence-electron chi connectivity index (χ0n) is 18.8. The SMILES string of the molecule is C=C/C=C(\C=C/C)c1nnc(NCc2ccc(-c3ccnc4nc(-c5cn[nH]c5)[nH]c34)cc2F)o1. The summed E-state index contributed by atoms with van der Waals surface area (Å²) in [6.07, 6.45) is 12.2. The van der Waals surface area contributed by atoms with E-state index >= 15 is 4.39 Å². The molecule has 0 saturated heterocycles. The molecule has 0 aliphatic carbocycles. The van der Waals surface area contributed by atoms with Crippen LogP contribution in [0.4, 0.5) is 10.4 Å². The second-order valence-corrected chi connectivity index (χ2v) is 7.56. The van der Waals surface area contributed by atoms with Gasteiger partial charge in [-0.2, -0.15) is 5.10 Å². The molecule has 0 atom stereocenters. The van der Waals surface area contributed by atoms with Crippen LogP contribution in [0.1, 0.15) is 18.4 Å². The summed E-state index contributed by atoms with van der Waals surface area (Å²) in [4.78, 5) is 12.1. The summed E-state index contributed by atoms with van der Waals surface area (Å²) >= 11 is 0. The quantitative estimate of drug-likeness (QED) is 0.264. The maximum absolute atomic E-state index is 15.0. The highest BCUT2D eigenvalue weighted by molar-refractivity contribution is 5.91. The second kappa shape index (κ2) is 9.56. The van der Waals surface area contributed by atoms with Gasteiger partial charge >= 0.3 is 6.01 Å². The van der Waals surface area contributed by atoms with Gasteiger partial charge in [0.05, 0.1) is 17.3 Å². The van der Waals surface area contributed by atoms with Crippen LogP contribution >= 0.6 is 0 Å². The Labute approximate surface area is 199 Å². The molecule has 5 rings (SSSR count). The van der Waals surface area contributed by atoms with Crippen molar-refractivity contribution in [1.29, 1.82) is 0 Å². The van der Waals surface area contributed by atoms with Crippen molar-refractivity contribution in [3.63, 3.8) is 0 Å². The van der Waals surface area contributed by atoms with Gasteiger partial charge in [0.25, 0.3) is 0 Å². The molecule has 35 heavy (non-hydrogen) atoms. The van der Waals surface area contributed by atoms with E-state index in [1.165, 1.54) is 6.07 Å². The number of imidazole rings is 1. The predicted molar refractivity (Wildman–Crippen MR) is 131 cm³/mol. The Hall–Kier alpha value is -4.86. The molecule has 3 N–H and O–H groups in total. The largest absolute Gasteiger partial charge is 0.403 e. The standard InChI is InChI=1S/C25H21FN8O/c1-3-5-15(6-4-2)24-33-34-25(35-24)28-12-17-8-7-16(11-20(17)26)19-9-10-27-23-21(19)31-22(32-23)18-13-29-30-14-18/h3-11,13-14H,1,12H2,2H3,(H,28,34)(H,29,30)(H,27,31,32)/b6-4-,15-5+. The van der Waals surface area contributed by atoms with Gasteiger partial charge in [0.1, 0.15) is 11.6 Å². The van der Waals surface area contributed by atoms with E-state index in [4.69, 9.17) is 4.42 Å². The van der Waals surface area contributed by atoms with Crippen molar-refractivity contribution < 1.29 is 8.81 Å². The van der Waals surface area contributed by atoms with Crippen LogP contribution in [0, 0.1) is 5.82 Å². The molecule has 4 heterocycles. The van der Waals surface area contributed by atoms with Gasteiger partial charge in [-0.1, -0.05) is 48.1 Å². The first kappa shape index (κ1) is 22.0. The highest BCUT2D eigenvalue weighted by atomic mass is 19.1. The molecular formula is C25H21FN8O. The Kier molecular flexibility index (Phi) is 6.00. The van der Waals surface area contributed by atoms with E-state index in [1.54, 1.807) is 36.8 Å². The van der Waals surface area contributed by atoms with Gasteiger partial charge in [-0.15, -0.1) is 5.10 Å². The summed E-state index contributed by atoms with van der Waals surface area (Å²) in [5.41, 5.74) is 4.75. The number of rotatable bonds is 8. The third-order valence-electron chi connectivity index (χ3n) is 5.27. The average Bonchev–Trinajstić information content (AvgIpc) is 3.63. The van der Waals surface area contributed by atoms with Gasteiger partial charge in [0, 0.05) is 35.6 Å². The van der Waals surface area contributed by atoms with Gasteiger partial charge in [0.15, 0.2) is 5.65 Å². The molecule has 0 fully saturated rings. The second-order valence-electron chi connectivity index (χ2n) is 7.56. The molecule has 9 nitrogen and oxygen atoms in total. The average molecular weight is 468 g/mol. The van der Waals surface area contributed by atoms with Crippen LogP contribution in [0.15, 0.2) is 78.2 Å². The number of fused-ring (bicyclic) bond motifs is 1. The van der Waals surface area contributed by atoms with Crippen molar-refractivity contribution in [1.82, 2.24) is 35.3 Å². The molecule has 5 aromatic rings. The van der Waals surface area contributed by atoms with Crippen LogP contribution in [0.5, 0.6) is 0 Å². The van der Waals surface area contributed by atoms with Crippen LogP contribution in [0.2, 0.25) is 0 Å². The minimum Gasteiger partial charge on any atom is -0.403 e. The number of benzene rings is 1. The molecule has 4 aromatic heterocycles. The fourth-order valence-electron chi connectivity index (χ4n) is 3.61. The number of H-pyrrole nitrogens is 2. The van der Waals surface area contributed by atoms with Crippen molar-refractivity contribution in [2.75, 3.05) is 5.32 Å². The Balaban J connectivity index is 1.36. The topological polar surface area (TPSA) is 121 Å². The maximum Gasteiger partial charge on any atom is 0.316 e. The maximum atomic E-state index is 15.0. The third kappa shape index (κ3) is 4.49. The monoisotopic (exact) mass is 468 g/mol. The lowest BCUT2D eigenvalue weighted by Crippen LogP contribution is -2.02. The summed E-state index contributed by atoms with van der Waals surface area (Å²) < 4.78 is 20.7. The lowest BCUT2D eigenvalue weighted by atomic mass is 10.0. The molecule has 10 heteroatoms.